The van der Waals surface area contributed by atoms with Gasteiger partial charge in [0, 0.05) is 6.04 Å². The molecule has 1 atom stereocenters. The molecule has 0 radical (unpaired) electrons. The van der Waals surface area contributed by atoms with Crippen LogP contribution in [0.25, 0.3) is 0 Å². The molecule has 1 fully saturated rings. The van der Waals surface area contributed by atoms with Gasteiger partial charge in [-0.15, -0.1) is 0 Å². The van der Waals surface area contributed by atoms with Crippen LogP contribution in [0.4, 0.5) is 4.39 Å². The highest BCUT2D eigenvalue weighted by Crippen LogP contribution is 2.20. The average molecular weight is 292 g/mol. The van der Waals surface area contributed by atoms with E-state index in [1.165, 1.54) is 31.4 Å². The molecule has 2 rings (SSSR count). The number of rotatable bonds is 4. The molecule has 1 saturated carbocycles. The summed E-state index contributed by atoms with van der Waals surface area (Å²) in [4.78, 5) is 4.66. The lowest BCUT2D eigenvalue weighted by molar-refractivity contribution is 0.440. The SMILES string of the molecule is CC(Cc1ccc(F)cc1)NC(=NC1CCCCC1)NN. The lowest BCUT2D eigenvalue weighted by Crippen LogP contribution is -2.46. The van der Waals surface area contributed by atoms with Gasteiger partial charge in [-0.05, 0) is 43.9 Å². The maximum absolute atomic E-state index is 12.9. The first-order valence-electron chi connectivity index (χ1n) is 7.73. The largest absolute Gasteiger partial charge is 0.353 e. The number of nitrogens with one attached hydrogen (secondary N) is 2. The van der Waals surface area contributed by atoms with Crippen molar-refractivity contribution in [2.45, 2.75) is 57.5 Å². The van der Waals surface area contributed by atoms with Crippen molar-refractivity contribution >= 4 is 5.96 Å². The smallest absolute Gasteiger partial charge is 0.206 e. The van der Waals surface area contributed by atoms with E-state index < -0.39 is 0 Å². The molecule has 0 aliphatic heterocycles. The van der Waals surface area contributed by atoms with Gasteiger partial charge in [0.1, 0.15) is 5.82 Å². The molecular formula is C16H25FN4. The summed E-state index contributed by atoms with van der Waals surface area (Å²) in [5.74, 6) is 6.00. The van der Waals surface area contributed by atoms with Gasteiger partial charge < -0.3 is 5.32 Å². The molecule has 4 N–H and O–H groups in total. The van der Waals surface area contributed by atoms with E-state index in [1.54, 1.807) is 12.1 Å². The molecule has 0 aromatic heterocycles. The predicted molar refractivity (Wildman–Crippen MR) is 84.3 cm³/mol. The fourth-order valence-corrected chi connectivity index (χ4v) is 2.77. The highest BCUT2D eigenvalue weighted by Gasteiger charge is 2.14. The Labute approximate surface area is 126 Å². The molecule has 0 saturated heterocycles. The van der Waals surface area contributed by atoms with E-state index in [4.69, 9.17) is 5.84 Å². The number of aliphatic imine (C=N–C) groups is 1. The summed E-state index contributed by atoms with van der Waals surface area (Å²) in [7, 11) is 0. The maximum Gasteiger partial charge on any atom is 0.206 e. The van der Waals surface area contributed by atoms with E-state index >= 15 is 0 Å². The minimum Gasteiger partial charge on any atom is -0.353 e. The molecule has 1 aromatic carbocycles. The Hall–Kier alpha value is -1.62. The lowest BCUT2D eigenvalue weighted by atomic mass is 9.96. The third-order valence-electron chi connectivity index (χ3n) is 3.86. The zero-order valence-corrected chi connectivity index (χ0v) is 12.6. The van der Waals surface area contributed by atoms with Crippen LogP contribution in [0.1, 0.15) is 44.6 Å². The van der Waals surface area contributed by atoms with Crippen LogP contribution >= 0.6 is 0 Å². The van der Waals surface area contributed by atoms with Crippen molar-refractivity contribution < 1.29 is 4.39 Å². The van der Waals surface area contributed by atoms with Gasteiger partial charge in [0.05, 0.1) is 6.04 Å². The Kier molecular flexibility index (Phi) is 5.99. The average Bonchev–Trinajstić information content (AvgIpc) is 2.50. The molecule has 0 spiro atoms. The van der Waals surface area contributed by atoms with Crippen molar-refractivity contribution in [1.29, 1.82) is 0 Å². The van der Waals surface area contributed by atoms with Gasteiger partial charge in [-0.1, -0.05) is 31.4 Å². The van der Waals surface area contributed by atoms with Crippen molar-refractivity contribution in [3.63, 3.8) is 0 Å². The standard InChI is InChI=1S/C16H25FN4/c1-12(11-13-7-9-14(17)10-8-13)19-16(21-18)20-15-5-3-2-4-6-15/h7-10,12,15H,2-6,11,18H2,1H3,(H2,19,20,21). The zero-order valence-electron chi connectivity index (χ0n) is 12.6. The van der Waals surface area contributed by atoms with Crippen molar-refractivity contribution in [1.82, 2.24) is 10.7 Å². The molecular weight excluding hydrogens is 267 g/mol. The molecule has 0 bridgehead atoms. The summed E-state index contributed by atoms with van der Waals surface area (Å²) in [5.41, 5.74) is 3.74. The van der Waals surface area contributed by atoms with Gasteiger partial charge in [0.15, 0.2) is 0 Å². The van der Waals surface area contributed by atoms with Gasteiger partial charge in [0.2, 0.25) is 5.96 Å². The molecule has 0 amide bonds. The van der Waals surface area contributed by atoms with Gasteiger partial charge in [-0.25, -0.2) is 15.2 Å². The molecule has 1 aliphatic rings. The van der Waals surface area contributed by atoms with Crippen LogP contribution in [0.3, 0.4) is 0 Å². The van der Waals surface area contributed by atoms with Crippen LogP contribution in [0.2, 0.25) is 0 Å². The topological polar surface area (TPSA) is 62.4 Å². The first-order chi connectivity index (χ1) is 10.2. The number of hydrazine groups is 1. The van der Waals surface area contributed by atoms with E-state index in [1.807, 2.05) is 0 Å². The van der Waals surface area contributed by atoms with E-state index in [0.717, 1.165) is 24.8 Å². The Morgan fingerprint density at radius 1 is 1.29 bits per heavy atom. The second-order valence-corrected chi connectivity index (χ2v) is 5.79. The molecule has 4 nitrogen and oxygen atoms in total. The van der Waals surface area contributed by atoms with Crippen LogP contribution in [0, 0.1) is 5.82 Å². The van der Waals surface area contributed by atoms with Crippen molar-refractivity contribution in [3.05, 3.63) is 35.6 Å². The summed E-state index contributed by atoms with van der Waals surface area (Å²) < 4.78 is 12.9. The zero-order chi connectivity index (χ0) is 15.1. The Balaban J connectivity index is 1.87. The van der Waals surface area contributed by atoms with Gasteiger partial charge in [0.25, 0.3) is 0 Å². The Morgan fingerprint density at radius 2 is 1.95 bits per heavy atom. The minimum atomic E-state index is -0.206. The molecule has 1 aromatic rings. The molecule has 1 aliphatic carbocycles. The second-order valence-electron chi connectivity index (χ2n) is 5.79. The number of benzene rings is 1. The molecule has 0 heterocycles. The van der Waals surface area contributed by atoms with Crippen LogP contribution in [0.5, 0.6) is 0 Å². The van der Waals surface area contributed by atoms with E-state index in [9.17, 15) is 4.39 Å². The summed E-state index contributed by atoms with van der Waals surface area (Å²) in [6, 6.07) is 7.13. The highest BCUT2D eigenvalue weighted by atomic mass is 19.1. The Bertz CT molecular complexity index is 452. The molecule has 116 valence electrons. The van der Waals surface area contributed by atoms with Crippen molar-refractivity contribution in [2.75, 3.05) is 0 Å². The van der Waals surface area contributed by atoms with Crippen molar-refractivity contribution in [3.8, 4) is 0 Å². The lowest BCUT2D eigenvalue weighted by Gasteiger charge is -2.21. The molecule has 1 unspecified atom stereocenters. The summed E-state index contributed by atoms with van der Waals surface area (Å²) in [5, 5.41) is 3.30. The summed E-state index contributed by atoms with van der Waals surface area (Å²) >= 11 is 0. The normalized spacial score (nSPS) is 18.3. The fraction of sp³-hybridized carbons (Fsp3) is 0.562. The minimum absolute atomic E-state index is 0.175. The summed E-state index contributed by atoms with van der Waals surface area (Å²) in [6.45, 7) is 2.07. The molecule has 21 heavy (non-hydrogen) atoms. The monoisotopic (exact) mass is 292 g/mol. The van der Waals surface area contributed by atoms with E-state index in [2.05, 4.69) is 22.7 Å². The van der Waals surface area contributed by atoms with E-state index in [-0.39, 0.29) is 11.9 Å². The molecule has 5 heteroatoms. The predicted octanol–water partition coefficient (Wildman–Crippen LogP) is 2.50. The van der Waals surface area contributed by atoms with E-state index in [0.29, 0.717) is 12.0 Å². The third-order valence-corrected chi connectivity index (χ3v) is 3.86. The van der Waals surface area contributed by atoms with Crippen LogP contribution < -0.4 is 16.6 Å². The van der Waals surface area contributed by atoms with Gasteiger partial charge >= 0.3 is 0 Å². The number of guanidine groups is 1. The number of halogens is 1. The van der Waals surface area contributed by atoms with Crippen LogP contribution in [0.15, 0.2) is 29.3 Å². The second kappa shape index (κ2) is 7.98. The number of nitrogens with zero attached hydrogens (tertiary/aromatic N) is 1. The summed E-state index contributed by atoms with van der Waals surface area (Å²) in [6.07, 6.45) is 6.88. The van der Waals surface area contributed by atoms with Crippen LogP contribution in [-0.4, -0.2) is 18.0 Å². The first-order valence-corrected chi connectivity index (χ1v) is 7.73. The number of nitrogens with two attached hydrogens (primary N) is 1. The number of hydrogen-bond acceptors (Lipinski definition) is 2. The fourth-order valence-electron chi connectivity index (χ4n) is 2.77. The highest BCUT2D eigenvalue weighted by molar-refractivity contribution is 5.79. The van der Waals surface area contributed by atoms with Gasteiger partial charge in [-0.2, -0.15) is 0 Å². The first kappa shape index (κ1) is 15.8. The Morgan fingerprint density at radius 3 is 2.57 bits per heavy atom. The van der Waals surface area contributed by atoms with Gasteiger partial charge in [-0.3, -0.25) is 5.43 Å². The maximum atomic E-state index is 12.9. The van der Waals surface area contributed by atoms with Crippen LogP contribution in [-0.2, 0) is 6.42 Å². The quantitative estimate of drug-likeness (QED) is 0.346. The van der Waals surface area contributed by atoms with Crippen molar-refractivity contribution in [2.24, 2.45) is 10.8 Å². The number of hydrogen-bond donors (Lipinski definition) is 3. The third kappa shape index (κ3) is 5.34.